The molecule has 2 heterocycles. The largest absolute Gasteiger partial charge is 0.448 e. The molecule has 0 radical (unpaired) electrons. The molecule has 2 aliphatic rings. The fraction of sp³-hybridized carbons (Fsp3) is 0.875. The van der Waals surface area contributed by atoms with Crippen LogP contribution in [0.4, 0.5) is 4.79 Å². The highest BCUT2D eigenvalue weighted by molar-refractivity contribution is 5.69. The van der Waals surface area contributed by atoms with Gasteiger partial charge in [0.25, 0.3) is 0 Å². The first kappa shape index (κ1) is 8.77. The monoisotopic (exact) mass is 185 g/mol. The van der Waals surface area contributed by atoms with Crippen molar-refractivity contribution in [2.75, 3.05) is 39.3 Å². The third kappa shape index (κ3) is 2.10. The Labute approximate surface area is 77.6 Å². The molecule has 1 N–H and O–H groups in total. The number of cyclic esters (lactones) is 1. The van der Waals surface area contributed by atoms with Gasteiger partial charge in [-0.1, -0.05) is 0 Å². The highest BCUT2D eigenvalue weighted by atomic mass is 16.6. The molecule has 5 heteroatoms. The van der Waals surface area contributed by atoms with Crippen molar-refractivity contribution in [3.8, 4) is 0 Å². The van der Waals surface area contributed by atoms with E-state index in [1.165, 1.54) is 6.42 Å². The maximum atomic E-state index is 11.0. The van der Waals surface area contributed by atoms with E-state index in [1.54, 1.807) is 4.90 Å². The molecule has 0 saturated carbocycles. The number of carbonyl (C=O) groups excluding carboxylic acids is 1. The van der Waals surface area contributed by atoms with Gasteiger partial charge < -0.3 is 9.64 Å². The molecule has 5 nitrogen and oxygen atoms in total. The van der Waals surface area contributed by atoms with Crippen LogP contribution in [-0.4, -0.2) is 55.3 Å². The summed E-state index contributed by atoms with van der Waals surface area (Å²) in [5.41, 5.74) is 3.25. The highest BCUT2D eigenvalue weighted by Crippen LogP contribution is 2.03. The SMILES string of the molecule is O=C1OCCN1CCN1CCCN1. The minimum absolute atomic E-state index is 0.167. The smallest absolute Gasteiger partial charge is 0.409 e. The van der Waals surface area contributed by atoms with Gasteiger partial charge in [0.2, 0.25) is 0 Å². The van der Waals surface area contributed by atoms with Crippen molar-refractivity contribution in [3.05, 3.63) is 0 Å². The zero-order valence-electron chi connectivity index (χ0n) is 7.66. The summed E-state index contributed by atoms with van der Waals surface area (Å²) in [5.74, 6) is 0. The molecule has 2 saturated heterocycles. The van der Waals surface area contributed by atoms with E-state index < -0.39 is 0 Å². The van der Waals surface area contributed by atoms with E-state index in [1.807, 2.05) is 0 Å². The van der Waals surface area contributed by atoms with E-state index in [4.69, 9.17) is 4.74 Å². The van der Waals surface area contributed by atoms with E-state index in [0.717, 1.165) is 32.7 Å². The van der Waals surface area contributed by atoms with Gasteiger partial charge >= 0.3 is 6.09 Å². The molecule has 0 spiro atoms. The van der Waals surface area contributed by atoms with Crippen LogP contribution in [0.2, 0.25) is 0 Å². The van der Waals surface area contributed by atoms with Crippen LogP contribution in [0.15, 0.2) is 0 Å². The number of hydrogen-bond acceptors (Lipinski definition) is 4. The number of ether oxygens (including phenoxy) is 1. The molecular weight excluding hydrogens is 170 g/mol. The predicted molar refractivity (Wildman–Crippen MR) is 47.1 cm³/mol. The van der Waals surface area contributed by atoms with E-state index in [9.17, 15) is 4.79 Å². The fourth-order valence-electron chi connectivity index (χ4n) is 1.65. The summed E-state index contributed by atoms with van der Waals surface area (Å²) >= 11 is 0. The maximum absolute atomic E-state index is 11.0. The summed E-state index contributed by atoms with van der Waals surface area (Å²) in [6.07, 6.45) is 1.03. The summed E-state index contributed by atoms with van der Waals surface area (Å²) in [4.78, 5) is 12.8. The topological polar surface area (TPSA) is 44.8 Å². The average Bonchev–Trinajstić information content (AvgIpc) is 2.72. The zero-order valence-corrected chi connectivity index (χ0v) is 7.66. The lowest BCUT2D eigenvalue weighted by atomic mass is 10.4. The fourth-order valence-corrected chi connectivity index (χ4v) is 1.65. The Balaban J connectivity index is 1.69. The van der Waals surface area contributed by atoms with Crippen LogP contribution in [0.5, 0.6) is 0 Å². The quantitative estimate of drug-likeness (QED) is 0.652. The minimum Gasteiger partial charge on any atom is -0.448 e. The van der Waals surface area contributed by atoms with Gasteiger partial charge in [-0.25, -0.2) is 9.80 Å². The molecule has 0 aromatic carbocycles. The first-order chi connectivity index (χ1) is 6.36. The van der Waals surface area contributed by atoms with Crippen LogP contribution in [0.1, 0.15) is 6.42 Å². The Kier molecular flexibility index (Phi) is 2.65. The number of carbonyl (C=O) groups is 1. The van der Waals surface area contributed by atoms with Crippen LogP contribution in [0.25, 0.3) is 0 Å². The van der Waals surface area contributed by atoms with Crippen LogP contribution in [0.3, 0.4) is 0 Å². The lowest BCUT2D eigenvalue weighted by molar-refractivity contribution is 0.151. The van der Waals surface area contributed by atoms with Gasteiger partial charge in [-0.2, -0.15) is 0 Å². The Morgan fingerprint density at radius 3 is 2.92 bits per heavy atom. The standard InChI is InChI=1S/C8H15N3O2/c12-8-10(6-7-13-8)4-5-11-3-1-2-9-11/h9H,1-7H2. The van der Waals surface area contributed by atoms with Crippen molar-refractivity contribution in [1.29, 1.82) is 0 Å². The average molecular weight is 185 g/mol. The van der Waals surface area contributed by atoms with Gasteiger partial charge in [-0.05, 0) is 6.42 Å². The van der Waals surface area contributed by atoms with Gasteiger partial charge in [0.05, 0.1) is 6.54 Å². The molecule has 2 fully saturated rings. The molecule has 0 aromatic rings. The second-order valence-corrected chi connectivity index (χ2v) is 3.35. The Morgan fingerprint density at radius 1 is 1.38 bits per heavy atom. The van der Waals surface area contributed by atoms with Crippen LogP contribution in [-0.2, 0) is 4.74 Å². The molecule has 0 aliphatic carbocycles. The zero-order chi connectivity index (χ0) is 9.10. The van der Waals surface area contributed by atoms with Crippen molar-refractivity contribution >= 4 is 6.09 Å². The van der Waals surface area contributed by atoms with Gasteiger partial charge in [0, 0.05) is 26.2 Å². The van der Waals surface area contributed by atoms with Crippen molar-refractivity contribution in [2.45, 2.75) is 6.42 Å². The molecule has 0 bridgehead atoms. The molecule has 13 heavy (non-hydrogen) atoms. The molecule has 0 unspecified atom stereocenters. The third-order valence-corrected chi connectivity index (χ3v) is 2.42. The third-order valence-electron chi connectivity index (χ3n) is 2.42. The maximum Gasteiger partial charge on any atom is 0.409 e. The van der Waals surface area contributed by atoms with E-state index in [2.05, 4.69) is 10.4 Å². The second-order valence-electron chi connectivity index (χ2n) is 3.35. The second kappa shape index (κ2) is 3.93. The molecule has 2 aliphatic heterocycles. The Hall–Kier alpha value is -0.810. The lowest BCUT2D eigenvalue weighted by Crippen LogP contribution is -2.39. The summed E-state index contributed by atoms with van der Waals surface area (Å²) in [6, 6.07) is 0. The van der Waals surface area contributed by atoms with Crippen LogP contribution >= 0.6 is 0 Å². The first-order valence-corrected chi connectivity index (χ1v) is 4.76. The normalized spacial score (nSPS) is 24.0. The highest BCUT2D eigenvalue weighted by Gasteiger charge is 2.22. The van der Waals surface area contributed by atoms with Crippen molar-refractivity contribution < 1.29 is 9.53 Å². The van der Waals surface area contributed by atoms with Gasteiger partial charge in [0.15, 0.2) is 0 Å². The number of nitrogens with one attached hydrogen (secondary N) is 1. The molecule has 0 aromatic heterocycles. The molecule has 1 amide bonds. The molecule has 0 atom stereocenters. The Morgan fingerprint density at radius 2 is 2.31 bits per heavy atom. The van der Waals surface area contributed by atoms with E-state index in [-0.39, 0.29) is 6.09 Å². The number of rotatable bonds is 3. The van der Waals surface area contributed by atoms with Crippen molar-refractivity contribution in [1.82, 2.24) is 15.3 Å². The van der Waals surface area contributed by atoms with E-state index >= 15 is 0 Å². The molecular formula is C8H15N3O2. The van der Waals surface area contributed by atoms with E-state index in [0.29, 0.717) is 6.61 Å². The molecule has 74 valence electrons. The minimum atomic E-state index is -0.167. The van der Waals surface area contributed by atoms with Crippen LogP contribution in [0, 0.1) is 0 Å². The van der Waals surface area contributed by atoms with Gasteiger partial charge in [-0.15, -0.1) is 0 Å². The number of nitrogens with zero attached hydrogens (tertiary/aromatic N) is 2. The number of amides is 1. The first-order valence-electron chi connectivity index (χ1n) is 4.76. The summed E-state index contributed by atoms with van der Waals surface area (Å²) < 4.78 is 4.83. The van der Waals surface area contributed by atoms with Gasteiger partial charge in [-0.3, -0.25) is 5.43 Å². The number of hydrazine groups is 1. The Bertz CT molecular complexity index is 192. The predicted octanol–water partition coefficient (Wildman–Crippen LogP) is -0.351. The number of hydrogen-bond donors (Lipinski definition) is 1. The summed E-state index contributed by atoms with van der Waals surface area (Å²) in [5, 5.41) is 2.16. The summed E-state index contributed by atoms with van der Waals surface area (Å²) in [6.45, 7) is 5.10. The van der Waals surface area contributed by atoms with Crippen molar-refractivity contribution in [2.24, 2.45) is 0 Å². The lowest BCUT2D eigenvalue weighted by Gasteiger charge is -2.18. The summed E-state index contributed by atoms with van der Waals surface area (Å²) in [7, 11) is 0. The molecule has 2 rings (SSSR count). The van der Waals surface area contributed by atoms with Gasteiger partial charge in [0.1, 0.15) is 6.61 Å². The van der Waals surface area contributed by atoms with Crippen molar-refractivity contribution in [3.63, 3.8) is 0 Å². The van der Waals surface area contributed by atoms with Crippen LogP contribution < -0.4 is 5.43 Å².